The third-order valence-electron chi connectivity index (χ3n) is 5.37. The summed E-state index contributed by atoms with van der Waals surface area (Å²) in [4.78, 5) is 28.7. The summed E-state index contributed by atoms with van der Waals surface area (Å²) in [6.07, 6.45) is 5.41. The van der Waals surface area contributed by atoms with Crippen molar-refractivity contribution >= 4 is 23.4 Å². The van der Waals surface area contributed by atoms with Crippen LogP contribution in [0.4, 0.5) is 4.39 Å². The second kappa shape index (κ2) is 6.77. The van der Waals surface area contributed by atoms with Gasteiger partial charge in [-0.15, -0.1) is 0 Å². The molecule has 2 N–H and O–H groups in total. The second-order valence-electron chi connectivity index (χ2n) is 7.72. The zero-order valence-electron chi connectivity index (χ0n) is 15.3. The molecule has 2 amide bonds. The number of hydrogen-bond acceptors (Lipinski definition) is 4. The van der Waals surface area contributed by atoms with E-state index in [1.54, 1.807) is 6.33 Å². The molecule has 28 heavy (non-hydrogen) atoms. The predicted octanol–water partition coefficient (Wildman–Crippen LogP) is 1.95. The Balaban J connectivity index is 1.21. The normalized spacial score (nSPS) is 24.7. The molecular weight excluding hydrogens is 387 g/mol. The van der Waals surface area contributed by atoms with Gasteiger partial charge in [0.1, 0.15) is 11.6 Å². The van der Waals surface area contributed by atoms with Gasteiger partial charge in [0.2, 0.25) is 5.91 Å². The molecule has 2 aromatic rings. The average Bonchev–Trinajstić information content (AvgIpc) is 3.01. The Kier molecular flexibility index (Phi) is 4.53. The zero-order chi connectivity index (χ0) is 19.9. The van der Waals surface area contributed by atoms with Gasteiger partial charge >= 0.3 is 0 Å². The molecule has 3 fully saturated rings. The number of halogens is 2. The number of benzene rings is 1. The van der Waals surface area contributed by atoms with Crippen LogP contribution in [0.15, 0.2) is 30.7 Å². The molecule has 0 atom stereocenters. The lowest BCUT2D eigenvalue weighted by Crippen LogP contribution is -2.78. The first-order valence-electron chi connectivity index (χ1n) is 8.93. The van der Waals surface area contributed by atoms with Crippen molar-refractivity contribution in [3.8, 4) is 5.75 Å². The van der Waals surface area contributed by atoms with Crippen LogP contribution < -0.4 is 15.4 Å². The smallest absolute Gasteiger partial charge is 0.258 e. The molecule has 9 heteroatoms. The molecule has 148 valence electrons. The monoisotopic (exact) mass is 406 g/mol. The Morgan fingerprint density at radius 3 is 2.75 bits per heavy atom. The largest absolute Gasteiger partial charge is 0.484 e. The van der Waals surface area contributed by atoms with Crippen LogP contribution in [0, 0.1) is 11.2 Å². The standard InChI is InChI=1S/C19H20ClFN4O3/c1-25-6-12(23-11-25)5-22-17(27)18-8-19(9-18,10-18)24-16(26)7-28-13-2-3-14(20)15(21)4-13/h2-4,6,11H,5,7-10H2,1H3,(H,22,27)(H,24,26). The van der Waals surface area contributed by atoms with Crippen LogP contribution >= 0.6 is 11.6 Å². The van der Waals surface area contributed by atoms with Crippen molar-refractivity contribution in [1.82, 2.24) is 20.2 Å². The number of hydrogen-bond donors (Lipinski definition) is 2. The van der Waals surface area contributed by atoms with Gasteiger partial charge in [0.25, 0.3) is 5.91 Å². The lowest BCUT2D eigenvalue weighted by atomic mass is 9.39. The first-order valence-corrected chi connectivity index (χ1v) is 9.31. The molecule has 0 spiro atoms. The predicted molar refractivity (Wildman–Crippen MR) is 99.1 cm³/mol. The maximum absolute atomic E-state index is 13.4. The van der Waals surface area contributed by atoms with E-state index >= 15 is 0 Å². The van der Waals surface area contributed by atoms with E-state index in [2.05, 4.69) is 15.6 Å². The van der Waals surface area contributed by atoms with Gasteiger partial charge in [0, 0.05) is 24.8 Å². The number of aryl methyl sites for hydroxylation is 1. The van der Waals surface area contributed by atoms with Gasteiger partial charge < -0.3 is 19.9 Å². The van der Waals surface area contributed by atoms with Crippen molar-refractivity contribution in [2.75, 3.05) is 6.61 Å². The lowest BCUT2D eigenvalue weighted by molar-refractivity contribution is -0.184. The van der Waals surface area contributed by atoms with Crippen LogP contribution in [0.3, 0.4) is 0 Å². The summed E-state index contributed by atoms with van der Waals surface area (Å²) in [6, 6.07) is 4.01. The SMILES string of the molecule is Cn1cnc(CNC(=O)C23CC(NC(=O)COc4ccc(Cl)c(F)c4)(C2)C3)c1. The molecule has 2 bridgehead atoms. The molecule has 0 unspecified atom stereocenters. The van der Waals surface area contributed by atoms with Crippen LogP contribution in [0.1, 0.15) is 25.0 Å². The van der Waals surface area contributed by atoms with E-state index in [9.17, 15) is 14.0 Å². The molecule has 5 rings (SSSR count). The van der Waals surface area contributed by atoms with Crippen LogP contribution in [-0.2, 0) is 23.2 Å². The van der Waals surface area contributed by atoms with Gasteiger partial charge in [0.15, 0.2) is 6.61 Å². The van der Waals surface area contributed by atoms with E-state index in [1.165, 1.54) is 12.1 Å². The topological polar surface area (TPSA) is 85.3 Å². The molecule has 0 saturated heterocycles. The third kappa shape index (κ3) is 3.44. The number of ether oxygens (including phenoxy) is 1. The highest BCUT2D eigenvalue weighted by Crippen LogP contribution is 2.67. The summed E-state index contributed by atoms with van der Waals surface area (Å²) in [5.41, 5.74) is 0.0947. The number of amides is 2. The summed E-state index contributed by atoms with van der Waals surface area (Å²) in [6.45, 7) is 0.175. The molecule has 7 nitrogen and oxygen atoms in total. The van der Waals surface area contributed by atoms with Crippen molar-refractivity contribution < 1.29 is 18.7 Å². The summed E-state index contributed by atoms with van der Waals surface area (Å²) < 4.78 is 20.5. The molecule has 3 aliphatic rings. The first-order chi connectivity index (χ1) is 13.3. The van der Waals surface area contributed by atoms with E-state index in [1.807, 2.05) is 17.8 Å². The van der Waals surface area contributed by atoms with E-state index in [0.29, 0.717) is 25.8 Å². The Bertz CT molecular complexity index is 925. The molecule has 1 aromatic carbocycles. The van der Waals surface area contributed by atoms with Gasteiger partial charge in [0.05, 0.1) is 29.0 Å². The third-order valence-corrected chi connectivity index (χ3v) is 5.67. The number of nitrogens with zero attached hydrogens (tertiary/aromatic N) is 2. The number of rotatable bonds is 7. The second-order valence-corrected chi connectivity index (χ2v) is 8.12. The fourth-order valence-corrected chi connectivity index (χ4v) is 4.24. The Morgan fingerprint density at radius 2 is 2.11 bits per heavy atom. The highest BCUT2D eigenvalue weighted by atomic mass is 35.5. The van der Waals surface area contributed by atoms with Crippen LogP contribution in [0.2, 0.25) is 5.02 Å². The molecule has 3 aliphatic carbocycles. The number of imidazole rings is 1. The highest BCUT2D eigenvalue weighted by Gasteiger charge is 2.72. The highest BCUT2D eigenvalue weighted by molar-refractivity contribution is 6.30. The van der Waals surface area contributed by atoms with Gasteiger partial charge in [-0.3, -0.25) is 9.59 Å². The van der Waals surface area contributed by atoms with E-state index < -0.39 is 5.82 Å². The number of carbonyl (C=O) groups is 2. The Hall–Kier alpha value is -2.61. The van der Waals surface area contributed by atoms with Gasteiger partial charge in [-0.2, -0.15) is 0 Å². The molecule has 0 radical (unpaired) electrons. The average molecular weight is 407 g/mol. The van der Waals surface area contributed by atoms with E-state index in [-0.39, 0.29) is 40.1 Å². The van der Waals surface area contributed by atoms with Crippen molar-refractivity contribution in [1.29, 1.82) is 0 Å². The van der Waals surface area contributed by atoms with Crippen LogP contribution in [0.25, 0.3) is 0 Å². The quantitative estimate of drug-likeness (QED) is 0.736. The maximum atomic E-state index is 13.4. The Labute approximate surface area is 166 Å². The van der Waals surface area contributed by atoms with Crippen molar-refractivity contribution in [3.63, 3.8) is 0 Å². The van der Waals surface area contributed by atoms with E-state index in [4.69, 9.17) is 16.3 Å². The van der Waals surface area contributed by atoms with Crippen LogP contribution in [-0.4, -0.2) is 33.5 Å². The van der Waals surface area contributed by atoms with Crippen molar-refractivity contribution in [2.45, 2.75) is 31.3 Å². The van der Waals surface area contributed by atoms with Gasteiger partial charge in [-0.05, 0) is 31.4 Å². The lowest BCUT2D eigenvalue weighted by Gasteiger charge is -2.69. The first kappa shape index (κ1) is 18.7. The Morgan fingerprint density at radius 1 is 1.36 bits per heavy atom. The van der Waals surface area contributed by atoms with Gasteiger partial charge in [-0.1, -0.05) is 11.6 Å². The summed E-state index contributed by atoms with van der Waals surface area (Å²) >= 11 is 5.61. The fourth-order valence-electron chi connectivity index (χ4n) is 4.13. The number of nitrogens with one attached hydrogen (secondary N) is 2. The number of aromatic nitrogens is 2. The van der Waals surface area contributed by atoms with Gasteiger partial charge in [-0.25, -0.2) is 9.37 Å². The minimum Gasteiger partial charge on any atom is -0.484 e. The molecule has 0 aliphatic heterocycles. The molecular formula is C19H20ClFN4O3. The molecule has 1 heterocycles. The number of carbonyl (C=O) groups excluding carboxylic acids is 2. The molecule has 1 aromatic heterocycles. The maximum Gasteiger partial charge on any atom is 0.258 e. The fraction of sp³-hybridized carbons (Fsp3) is 0.421. The van der Waals surface area contributed by atoms with Crippen molar-refractivity contribution in [3.05, 3.63) is 47.3 Å². The van der Waals surface area contributed by atoms with Crippen LogP contribution in [0.5, 0.6) is 5.75 Å². The molecule has 3 saturated carbocycles. The zero-order valence-corrected chi connectivity index (χ0v) is 16.1. The summed E-state index contributed by atoms with van der Waals surface area (Å²) in [5, 5.41) is 5.85. The van der Waals surface area contributed by atoms with Crippen molar-refractivity contribution in [2.24, 2.45) is 12.5 Å². The summed E-state index contributed by atoms with van der Waals surface area (Å²) in [7, 11) is 1.87. The minimum atomic E-state index is -0.599. The van der Waals surface area contributed by atoms with E-state index in [0.717, 1.165) is 11.8 Å². The minimum absolute atomic E-state index is 0.00201. The summed E-state index contributed by atoms with van der Waals surface area (Å²) in [5.74, 6) is -0.655.